The molecule has 7 heteroatoms. The Morgan fingerprint density at radius 3 is 2.52 bits per heavy atom. The SMILES string of the molecule is O=C(c1ccccc1SCc1nnnn1-c1ccccc1)N1CCCCC1. The first-order valence-electron chi connectivity index (χ1n) is 9.17. The van der Waals surface area contributed by atoms with E-state index in [4.69, 9.17) is 0 Å². The molecule has 2 heterocycles. The highest BCUT2D eigenvalue weighted by atomic mass is 32.2. The molecule has 0 aliphatic carbocycles. The van der Waals surface area contributed by atoms with Crippen molar-refractivity contribution >= 4 is 17.7 Å². The summed E-state index contributed by atoms with van der Waals surface area (Å²) >= 11 is 1.60. The van der Waals surface area contributed by atoms with E-state index in [-0.39, 0.29) is 5.91 Å². The Kier molecular flexibility index (Phi) is 5.48. The van der Waals surface area contributed by atoms with Gasteiger partial charge in [0.25, 0.3) is 5.91 Å². The van der Waals surface area contributed by atoms with Gasteiger partial charge in [-0.1, -0.05) is 30.3 Å². The number of hydrogen-bond acceptors (Lipinski definition) is 5. The Balaban J connectivity index is 1.52. The van der Waals surface area contributed by atoms with Crippen molar-refractivity contribution in [1.82, 2.24) is 25.1 Å². The summed E-state index contributed by atoms with van der Waals surface area (Å²) in [5.74, 6) is 1.47. The lowest BCUT2D eigenvalue weighted by atomic mass is 10.1. The number of amides is 1. The van der Waals surface area contributed by atoms with Crippen molar-refractivity contribution < 1.29 is 4.79 Å². The Labute approximate surface area is 162 Å². The van der Waals surface area contributed by atoms with Gasteiger partial charge in [-0.25, -0.2) is 0 Å². The van der Waals surface area contributed by atoms with Gasteiger partial charge >= 0.3 is 0 Å². The number of benzene rings is 2. The van der Waals surface area contributed by atoms with Crippen molar-refractivity contribution in [3.8, 4) is 5.69 Å². The van der Waals surface area contributed by atoms with Crippen molar-refractivity contribution in [2.24, 2.45) is 0 Å². The summed E-state index contributed by atoms with van der Waals surface area (Å²) < 4.78 is 1.74. The van der Waals surface area contributed by atoms with Crippen LogP contribution in [0.4, 0.5) is 0 Å². The second-order valence-electron chi connectivity index (χ2n) is 6.48. The molecule has 1 aromatic heterocycles. The van der Waals surface area contributed by atoms with Gasteiger partial charge in [0.1, 0.15) is 0 Å². The van der Waals surface area contributed by atoms with E-state index in [1.165, 1.54) is 6.42 Å². The van der Waals surface area contributed by atoms with Crippen molar-refractivity contribution in [2.45, 2.75) is 29.9 Å². The molecule has 1 saturated heterocycles. The Bertz CT molecular complexity index is 906. The molecule has 0 unspecified atom stereocenters. The van der Waals surface area contributed by atoms with E-state index >= 15 is 0 Å². The number of carbonyl (C=O) groups excluding carboxylic acids is 1. The minimum absolute atomic E-state index is 0.125. The van der Waals surface area contributed by atoms with Gasteiger partial charge in [0.15, 0.2) is 5.82 Å². The van der Waals surface area contributed by atoms with Crippen LogP contribution in [0.5, 0.6) is 0 Å². The molecule has 6 nitrogen and oxygen atoms in total. The number of tetrazole rings is 1. The highest BCUT2D eigenvalue weighted by Crippen LogP contribution is 2.27. The largest absolute Gasteiger partial charge is 0.339 e. The van der Waals surface area contributed by atoms with Crippen LogP contribution in [0, 0.1) is 0 Å². The number of piperidine rings is 1. The van der Waals surface area contributed by atoms with Gasteiger partial charge in [-0.05, 0) is 54.0 Å². The summed E-state index contributed by atoms with van der Waals surface area (Å²) in [6.45, 7) is 1.70. The van der Waals surface area contributed by atoms with Crippen LogP contribution in [0.3, 0.4) is 0 Å². The third kappa shape index (κ3) is 4.03. The van der Waals surface area contributed by atoms with Gasteiger partial charge in [0.2, 0.25) is 0 Å². The number of para-hydroxylation sites is 1. The molecule has 0 radical (unpaired) electrons. The molecule has 1 aliphatic heterocycles. The third-order valence-corrected chi connectivity index (χ3v) is 5.72. The normalized spacial score (nSPS) is 14.3. The summed E-state index contributed by atoms with van der Waals surface area (Å²) in [7, 11) is 0. The first kappa shape index (κ1) is 17.7. The number of thioether (sulfide) groups is 1. The topological polar surface area (TPSA) is 63.9 Å². The zero-order chi connectivity index (χ0) is 18.5. The van der Waals surface area contributed by atoms with Gasteiger partial charge in [-0.3, -0.25) is 4.79 Å². The maximum atomic E-state index is 12.9. The van der Waals surface area contributed by atoms with E-state index in [1.54, 1.807) is 16.4 Å². The van der Waals surface area contributed by atoms with E-state index < -0.39 is 0 Å². The molecule has 3 aromatic rings. The third-order valence-electron chi connectivity index (χ3n) is 4.65. The van der Waals surface area contributed by atoms with Crippen LogP contribution in [0.25, 0.3) is 5.69 Å². The second kappa shape index (κ2) is 8.35. The van der Waals surface area contributed by atoms with Crippen molar-refractivity contribution in [3.63, 3.8) is 0 Å². The van der Waals surface area contributed by atoms with E-state index in [2.05, 4.69) is 15.5 Å². The molecule has 0 spiro atoms. The number of hydrogen-bond donors (Lipinski definition) is 0. The summed E-state index contributed by atoms with van der Waals surface area (Å²) in [6, 6.07) is 17.6. The molecule has 1 fully saturated rings. The predicted octanol–water partition coefficient (Wildman–Crippen LogP) is 3.58. The van der Waals surface area contributed by atoms with Crippen molar-refractivity contribution in [3.05, 3.63) is 66.0 Å². The number of nitrogens with zero attached hydrogens (tertiary/aromatic N) is 5. The molecule has 0 atom stereocenters. The number of aromatic nitrogens is 4. The maximum Gasteiger partial charge on any atom is 0.254 e. The maximum absolute atomic E-state index is 12.9. The first-order chi connectivity index (χ1) is 13.3. The van der Waals surface area contributed by atoms with Crippen molar-refractivity contribution in [1.29, 1.82) is 0 Å². The van der Waals surface area contributed by atoms with Gasteiger partial charge in [0.05, 0.1) is 17.0 Å². The molecule has 2 aromatic carbocycles. The van der Waals surface area contributed by atoms with E-state index in [0.717, 1.165) is 47.9 Å². The monoisotopic (exact) mass is 379 g/mol. The predicted molar refractivity (Wildman–Crippen MR) is 105 cm³/mol. The van der Waals surface area contributed by atoms with E-state index in [0.29, 0.717) is 5.75 Å². The zero-order valence-corrected chi connectivity index (χ0v) is 15.8. The molecular formula is C20H21N5OS. The van der Waals surface area contributed by atoms with Gasteiger partial charge in [0, 0.05) is 18.0 Å². The average Bonchev–Trinajstić information content (AvgIpc) is 3.22. The highest BCUT2D eigenvalue weighted by Gasteiger charge is 2.21. The molecule has 4 rings (SSSR count). The fourth-order valence-corrected chi connectivity index (χ4v) is 4.19. The van der Waals surface area contributed by atoms with E-state index in [9.17, 15) is 4.79 Å². The summed E-state index contributed by atoms with van der Waals surface area (Å²) in [5.41, 5.74) is 1.69. The Hall–Kier alpha value is -2.67. The van der Waals surface area contributed by atoms with Crippen LogP contribution in [-0.4, -0.2) is 44.1 Å². The molecule has 27 heavy (non-hydrogen) atoms. The lowest BCUT2D eigenvalue weighted by Crippen LogP contribution is -2.35. The second-order valence-corrected chi connectivity index (χ2v) is 7.50. The van der Waals surface area contributed by atoms with Crippen molar-refractivity contribution in [2.75, 3.05) is 13.1 Å². The Morgan fingerprint density at radius 1 is 0.963 bits per heavy atom. The summed E-state index contributed by atoms with van der Waals surface area (Å²) in [6.07, 6.45) is 3.39. The van der Waals surface area contributed by atoms with Gasteiger partial charge in [-0.2, -0.15) is 4.68 Å². The van der Waals surface area contributed by atoms with Crippen LogP contribution in [0.1, 0.15) is 35.4 Å². The quantitative estimate of drug-likeness (QED) is 0.634. The molecule has 1 aliphatic rings. The summed E-state index contributed by atoms with van der Waals surface area (Å²) in [4.78, 5) is 15.9. The van der Waals surface area contributed by atoms with Crippen LogP contribution in [0.15, 0.2) is 59.5 Å². The highest BCUT2D eigenvalue weighted by molar-refractivity contribution is 7.98. The standard InChI is InChI=1S/C20H21N5OS/c26-20(24-13-7-2-8-14-24)17-11-5-6-12-18(17)27-15-19-21-22-23-25(19)16-9-3-1-4-10-16/h1,3-6,9-12H,2,7-8,13-15H2. The smallest absolute Gasteiger partial charge is 0.254 e. The number of likely N-dealkylation sites (tertiary alicyclic amines) is 1. The average molecular weight is 379 g/mol. The fourth-order valence-electron chi connectivity index (χ4n) is 3.24. The van der Waals surface area contributed by atoms with Crippen LogP contribution >= 0.6 is 11.8 Å². The van der Waals surface area contributed by atoms with Crippen LogP contribution in [0.2, 0.25) is 0 Å². The molecule has 0 N–H and O–H groups in total. The zero-order valence-electron chi connectivity index (χ0n) is 15.0. The van der Waals surface area contributed by atoms with Crippen LogP contribution in [-0.2, 0) is 5.75 Å². The lowest BCUT2D eigenvalue weighted by molar-refractivity contribution is 0.0721. The number of carbonyl (C=O) groups is 1. The van der Waals surface area contributed by atoms with Gasteiger partial charge in [-0.15, -0.1) is 16.9 Å². The lowest BCUT2D eigenvalue weighted by Gasteiger charge is -2.27. The van der Waals surface area contributed by atoms with Gasteiger partial charge < -0.3 is 4.90 Å². The molecule has 0 saturated carbocycles. The summed E-state index contributed by atoms with van der Waals surface area (Å²) in [5, 5.41) is 12.1. The van der Waals surface area contributed by atoms with Crippen LogP contribution < -0.4 is 0 Å². The molecular weight excluding hydrogens is 358 g/mol. The first-order valence-corrected chi connectivity index (χ1v) is 10.2. The molecule has 1 amide bonds. The van der Waals surface area contributed by atoms with E-state index in [1.807, 2.05) is 59.5 Å². The number of rotatable bonds is 5. The Morgan fingerprint density at radius 2 is 1.70 bits per heavy atom. The minimum Gasteiger partial charge on any atom is -0.339 e. The molecule has 0 bridgehead atoms. The minimum atomic E-state index is 0.125. The molecule has 138 valence electrons. The fraction of sp³-hybridized carbons (Fsp3) is 0.300.